The second-order valence-corrected chi connectivity index (χ2v) is 5.64. The van der Waals surface area contributed by atoms with Gasteiger partial charge >= 0.3 is 0 Å². The standard InChI is InChI=1S/C18H16ClNO3/c1-11-5-6-13(16(9-11)22-8-7-20)17-10-15(21)12-3-2-4-14(19)18(12)23-17/h2-6,9-10H,7-8,20H2,1H3. The first-order valence-corrected chi connectivity index (χ1v) is 7.64. The molecule has 3 rings (SSSR count). The summed E-state index contributed by atoms with van der Waals surface area (Å²) in [5, 5.41) is 0.857. The van der Waals surface area contributed by atoms with Crippen LogP contribution in [0.5, 0.6) is 5.75 Å². The summed E-state index contributed by atoms with van der Waals surface area (Å²) >= 11 is 6.16. The summed E-state index contributed by atoms with van der Waals surface area (Å²) in [7, 11) is 0. The molecule has 2 N–H and O–H groups in total. The van der Waals surface area contributed by atoms with E-state index >= 15 is 0 Å². The van der Waals surface area contributed by atoms with E-state index in [1.54, 1.807) is 18.2 Å². The minimum Gasteiger partial charge on any atom is -0.491 e. The zero-order valence-corrected chi connectivity index (χ0v) is 13.4. The monoisotopic (exact) mass is 329 g/mol. The van der Waals surface area contributed by atoms with Gasteiger partial charge < -0.3 is 14.9 Å². The van der Waals surface area contributed by atoms with Crippen molar-refractivity contribution in [1.29, 1.82) is 0 Å². The van der Waals surface area contributed by atoms with E-state index in [1.165, 1.54) is 6.07 Å². The van der Waals surface area contributed by atoms with Crippen LogP contribution >= 0.6 is 11.6 Å². The summed E-state index contributed by atoms with van der Waals surface area (Å²) in [4.78, 5) is 12.3. The van der Waals surface area contributed by atoms with Crippen molar-refractivity contribution in [3.63, 3.8) is 0 Å². The van der Waals surface area contributed by atoms with Gasteiger partial charge in [0, 0.05) is 12.6 Å². The number of aryl methyl sites for hydroxylation is 1. The molecule has 0 aliphatic heterocycles. The molecule has 0 spiro atoms. The largest absolute Gasteiger partial charge is 0.491 e. The van der Waals surface area contributed by atoms with Gasteiger partial charge in [-0.3, -0.25) is 4.79 Å². The van der Waals surface area contributed by atoms with E-state index < -0.39 is 0 Å². The number of fused-ring (bicyclic) bond motifs is 1. The van der Waals surface area contributed by atoms with Gasteiger partial charge in [-0.2, -0.15) is 0 Å². The Bertz CT molecular complexity index is 918. The van der Waals surface area contributed by atoms with Crippen molar-refractivity contribution in [2.75, 3.05) is 13.2 Å². The lowest BCUT2D eigenvalue weighted by Gasteiger charge is -2.12. The maximum Gasteiger partial charge on any atom is 0.193 e. The van der Waals surface area contributed by atoms with E-state index in [0.717, 1.165) is 5.56 Å². The first kappa shape index (κ1) is 15.6. The summed E-state index contributed by atoms with van der Waals surface area (Å²) in [5.74, 6) is 1.05. The van der Waals surface area contributed by atoms with Crippen LogP contribution in [-0.2, 0) is 0 Å². The molecule has 0 amide bonds. The molecule has 3 aromatic rings. The van der Waals surface area contributed by atoms with Crippen molar-refractivity contribution in [2.24, 2.45) is 5.73 Å². The molecule has 0 aliphatic rings. The molecule has 1 heterocycles. The normalized spacial score (nSPS) is 10.9. The van der Waals surface area contributed by atoms with Crippen LogP contribution < -0.4 is 15.9 Å². The molecule has 23 heavy (non-hydrogen) atoms. The molecular formula is C18H16ClNO3. The molecule has 0 atom stereocenters. The van der Waals surface area contributed by atoms with Gasteiger partial charge in [0.15, 0.2) is 11.0 Å². The Morgan fingerprint density at radius 3 is 2.83 bits per heavy atom. The summed E-state index contributed by atoms with van der Waals surface area (Å²) < 4.78 is 11.6. The van der Waals surface area contributed by atoms with Crippen LogP contribution in [0.4, 0.5) is 0 Å². The van der Waals surface area contributed by atoms with Crippen molar-refractivity contribution in [1.82, 2.24) is 0 Å². The number of rotatable bonds is 4. The number of nitrogens with two attached hydrogens (primary N) is 1. The van der Waals surface area contributed by atoms with Crippen LogP contribution in [0.3, 0.4) is 0 Å². The molecule has 0 saturated heterocycles. The maximum absolute atomic E-state index is 12.3. The number of halogens is 1. The topological polar surface area (TPSA) is 65.5 Å². The van der Waals surface area contributed by atoms with Crippen LogP contribution in [0.25, 0.3) is 22.3 Å². The van der Waals surface area contributed by atoms with E-state index in [4.69, 9.17) is 26.5 Å². The van der Waals surface area contributed by atoms with Gasteiger partial charge in [-0.1, -0.05) is 23.7 Å². The molecule has 0 aliphatic carbocycles. The Hall–Kier alpha value is -2.30. The first-order valence-electron chi connectivity index (χ1n) is 7.26. The average molecular weight is 330 g/mol. The lowest BCUT2D eigenvalue weighted by molar-refractivity contribution is 0.328. The molecule has 0 unspecified atom stereocenters. The number of hydrogen-bond acceptors (Lipinski definition) is 4. The zero-order chi connectivity index (χ0) is 16.4. The van der Waals surface area contributed by atoms with Gasteiger partial charge in [0.05, 0.1) is 16.0 Å². The van der Waals surface area contributed by atoms with Crippen molar-refractivity contribution in [3.05, 3.63) is 63.3 Å². The molecule has 0 saturated carbocycles. The van der Waals surface area contributed by atoms with Crippen LogP contribution in [0, 0.1) is 6.92 Å². The number of benzene rings is 2. The second-order valence-electron chi connectivity index (χ2n) is 5.23. The predicted octanol–water partition coefficient (Wildman–Crippen LogP) is 3.76. The molecule has 118 valence electrons. The third kappa shape index (κ3) is 3.09. The Kier molecular flexibility index (Phi) is 4.37. The minimum atomic E-state index is -0.144. The molecule has 0 radical (unpaired) electrons. The van der Waals surface area contributed by atoms with Crippen LogP contribution in [0.15, 0.2) is 51.7 Å². The highest BCUT2D eigenvalue weighted by Gasteiger charge is 2.13. The Balaban J connectivity index is 2.21. The predicted molar refractivity (Wildman–Crippen MR) is 92.2 cm³/mol. The summed E-state index contributed by atoms with van der Waals surface area (Å²) in [5.41, 5.74) is 7.48. The quantitative estimate of drug-likeness (QED) is 0.791. The van der Waals surface area contributed by atoms with Gasteiger partial charge in [0.25, 0.3) is 0 Å². The highest BCUT2D eigenvalue weighted by molar-refractivity contribution is 6.34. The Labute approximate surface area is 138 Å². The van der Waals surface area contributed by atoms with Gasteiger partial charge in [-0.25, -0.2) is 0 Å². The van der Waals surface area contributed by atoms with E-state index in [1.807, 2.05) is 25.1 Å². The molecule has 0 fully saturated rings. The van der Waals surface area contributed by atoms with E-state index in [-0.39, 0.29) is 5.43 Å². The fourth-order valence-corrected chi connectivity index (χ4v) is 2.61. The zero-order valence-electron chi connectivity index (χ0n) is 12.6. The smallest absolute Gasteiger partial charge is 0.193 e. The van der Waals surface area contributed by atoms with Crippen LogP contribution in [0.1, 0.15) is 5.56 Å². The van der Waals surface area contributed by atoms with Gasteiger partial charge in [0.2, 0.25) is 0 Å². The van der Waals surface area contributed by atoms with Gasteiger partial charge in [-0.05, 0) is 36.8 Å². The summed E-state index contributed by atoms with van der Waals surface area (Å²) in [6.45, 7) is 2.75. The van der Waals surface area contributed by atoms with Gasteiger partial charge in [0.1, 0.15) is 18.1 Å². The maximum atomic E-state index is 12.3. The Morgan fingerprint density at radius 1 is 1.22 bits per heavy atom. The van der Waals surface area contributed by atoms with Crippen LogP contribution in [-0.4, -0.2) is 13.2 Å². The minimum absolute atomic E-state index is 0.144. The molecule has 2 aromatic carbocycles. The Morgan fingerprint density at radius 2 is 2.04 bits per heavy atom. The third-order valence-corrected chi connectivity index (χ3v) is 3.78. The van der Waals surface area contributed by atoms with E-state index in [9.17, 15) is 4.79 Å². The average Bonchev–Trinajstić information content (AvgIpc) is 2.54. The van der Waals surface area contributed by atoms with Crippen LogP contribution in [0.2, 0.25) is 5.02 Å². The molecule has 4 nitrogen and oxygen atoms in total. The highest BCUT2D eigenvalue weighted by atomic mass is 35.5. The first-order chi connectivity index (χ1) is 11.1. The van der Waals surface area contributed by atoms with Crippen molar-refractivity contribution in [3.8, 4) is 17.1 Å². The number of ether oxygens (including phenoxy) is 1. The van der Waals surface area contributed by atoms with E-state index in [0.29, 0.717) is 46.2 Å². The van der Waals surface area contributed by atoms with Crippen molar-refractivity contribution >= 4 is 22.6 Å². The molecule has 1 aromatic heterocycles. The number of hydrogen-bond donors (Lipinski definition) is 1. The van der Waals surface area contributed by atoms with Crippen molar-refractivity contribution < 1.29 is 9.15 Å². The third-order valence-electron chi connectivity index (χ3n) is 3.48. The molecular weight excluding hydrogens is 314 g/mol. The second kappa shape index (κ2) is 6.44. The van der Waals surface area contributed by atoms with Gasteiger partial charge in [-0.15, -0.1) is 0 Å². The van der Waals surface area contributed by atoms with E-state index in [2.05, 4.69) is 0 Å². The van der Waals surface area contributed by atoms with Crippen molar-refractivity contribution in [2.45, 2.75) is 6.92 Å². The molecule has 5 heteroatoms. The SMILES string of the molecule is Cc1ccc(-c2cc(=O)c3cccc(Cl)c3o2)c(OCCN)c1. The molecule has 0 bridgehead atoms. The fourth-order valence-electron chi connectivity index (χ4n) is 2.40. The summed E-state index contributed by atoms with van der Waals surface area (Å²) in [6.07, 6.45) is 0. The lowest BCUT2D eigenvalue weighted by Crippen LogP contribution is -2.11. The fraction of sp³-hybridized carbons (Fsp3) is 0.167. The highest BCUT2D eigenvalue weighted by Crippen LogP contribution is 2.33. The summed E-state index contributed by atoms with van der Waals surface area (Å²) in [6, 6.07) is 12.3. The lowest BCUT2D eigenvalue weighted by atomic mass is 10.1. The number of para-hydroxylation sites is 1.